The van der Waals surface area contributed by atoms with E-state index in [1.165, 1.54) is 0 Å². The molecule has 4 nitrogen and oxygen atoms in total. The summed E-state index contributed by atoms with van der Waals surface area (Å²) in [6.45, 7) is 4.08. The fraction of sp³-hybridized carbons (Fsp3) is 0.533. The Bertz CT molecular complexity index is 408. The average molecular weight is 262 g/mol. The van der Waals surface area contributed by atoms with Crippen LogP contribution in [0.15, 0.2) is 30.3 Å². The lowest BCUT2D eigenvalue weighted by atomic mass is 10.1. The number of hydrogen-bond acceptors (Lipinski definition) is 3. The van der Waals surface area contributed by atoms with Crippen LogP contribution in [0.1, 0.15) is 25.0 Å². The van der Waals surface area contributed by atoms with Crippen molar-refractivity contribution in [3.63, 3.8) is 0 Å². The summed E-state index contributed by atoms with van der Waals surface area (Å²) in [6, 6.07) is 10.1. The van der Waals surface area contributed by atoms with Crippen LogP contribution in [0.3, 0.4) is 0 Å². The van der Waals surface area contributed by atoms with Gasteiger partial charge in [-0.25, -0.2) is 0 Å². The normalized spacial score (nSPS) is 23.4. The first-order valence-corrected chi connectivity index (χ1v) is 6.83. The van der Waals surface area contributed by atoms with Crippen molar-refractivity contribution in [1.82, 2.24) is 10.2 Å². The number of carbonyl (C=O) groups excluding carboxylic acids is 1. The number of carbonyl (C=O) groups is 1. The highest BCUT2D eigenvalue weighted by Crippen LogP contribution is 2.25. The molecule has 1 fully saturated rings. The molecule has 0 spiro atoms. The van der Waals surface area contributed by atoms with E-state index < -0.39 is 0 Å². The summed E-state index contributed by atoms with van der Waals surface area (Å²) >= 11 is 0. The smallest absolute Gasteiger partial charge is 0.224 e. The number of ether oxygens (including phenoxy) is 1. The van der Waals surface area contributed by atoms with Gasteiger partial charge in [-0.2, -0.15) is 0 Å². The number of nitrogens with zero attached hydrogens (tertiary/aromatic N) is 1. The van der Waals surface area contributed by atoms with Crippen LogP contribution in [0.4, 0.5) is 0 Å². The highest BCUT2D eigenvalue weighted by molar-refractivity contribution is 5.76. The number of hydrogen-bond donors (Lipinski definition) is 1. The van der Waals surface area contributed by atoms with E-state index in [1.54, 1.807) is 0 Å². The molecule has 1 aliphatic rings. The van der Waals surface area contributed by atoms with Crippen molar-refractivity contribution in [3.8, 4) is 0 Å². The van der Waals surface area contributed by atoms with Gasteiger partial charge in [0.2, 0.25) is 5.91 Å². The molecule has 2 rings (SSSR count). The van der Waals surface area contributed by atoms with Gasteiger partial charge in [-0.3, -0.25) is 4.79 Å². The molecule has 4 heteroatoms. The maximum atomic E-state index is 12.1. The van der Waals surface area contributed by atoms with Crippen LogP contribution in [0.2, 0.25) is 0 Å². The Morgan fingerprint density at radius 1 is 1.37 bits per heavy atom. The molecule has 1 saturated heterocycles. The van der Waals surface area contributed by atoms with Crippen LogP contribution in [-0.4, -0.2) is 43.6 Å². The van der Waals surface area contributed by atoms with E-state index in [1.807, 2.05) is 37.1 Å². The van der Waals surface area contributed by atoms with Gasteiger partial charge in [-0.05, 0) is 19.5 Å². The highest BCUT2D eigenvalue weighted by Gasteiger charge is 2.28. The first-order chi connectivity index (χ1) is 9.20. The molecule has 104 valence electrons. The first kappa shape index (κ1) is 14.0. The number of nitrogens with one attached hydrogen (secondary N) is 1. The van der Waals surface area contributed by atoms with Gasteiger partial charge in [0, 0.05) is 19.5 Å². The zero-order valence-electron chi connectivity index (χ0n) is 11.6. The SMILES string of the molecule is CNCCC(=O)N1CC(C)OC(c2ccccc2)C1. The van der Waals surface area contributed by atoms with Gasteiger partial charge < -0.3 is 15.0 Å². The summed E-state index contributed by atoms with van der Waals surface area (Å²) in [7, 11) is 1.86. The summed E-state index contributed by atoms with van der Waals surface area (Å²) < 4.78 is 5.95. The van der Waals surface area contributed by atoms with Crippen LogP contribution >= 0.6 is 0 Å². The summed E-state index contributed by atoms with van der Waals surface area (Å²) in [4.78, 5) is 14.0. The highest BCUT2D eigenvalue weighted by atomic mass is 16.5. The molecule has 1 aromatic carbocycles. The molecule has 19 heavy (non-hydrogen) atoms. The molecule has 2 atom stereocenters. The lowest BCUT2D eigenvalue weighted by molar-refractivity contribution is -0.144. The third-order valence-corrected chi connectivity index (χ3v) is 3.37. The molecular weight excluding hydrogens is 240 g/mol. The minimum absolute atomic E-state index is 0.0107. The van der Waals surface area contributed by atoms with Crippen molar-refractivity contribution in [1.29, 1.82) is 0 Å². The number of amides is 1. The predicted molar refractivity (Wildman–Crippen MR) is 74.9 cm³/mol. The first-order valence-electron chi connectivity index (χ1n) is 6.83. The Hall–Kier alpha value is -1.39. The average Bonchev–Trinajstić information content (AvgIpc) is 2.45. The van der Waals surface area contributed by atoms with Gasteiger partial charge in [0.25, 0.3) is 0 Å². The maximum Gasteiger partial charge on any atom is 0.224 e. The Balaban J connectivity index is 2.02. The van der Waals surface area contributed by atoms with Crippen molar-refractivity contribution < 1.29 is 9.53 Å². The minimum atomic E-state index is -0.0107. The molecule has 1 aliphatic heterocycles. The van der Waals surface area contributed by atoms with Gasteiger partial charge in [0.1, 0.15) is 6.10 Å². The van der Waals surface area contributed by atoms with E-state index in [4.69, 9.17) is 4.74 Å². The lowest BCUT2D eigenvalue weighted by Gasteiger charge is -2.37. The molecule has 0 bridgehead atoms. The molecule has 0 aliphatic carbocycles. The summed E-state index contributed by atoms with van der Waals surface area (Å²) in [5, 5.41) is 3.01. The van der Waals surface area contributed by atoms with E-state index in [0.29, 0.717) is 19.5 Å². The number of benzene rings is 1. The third-order valence-electron chi connectivity index (χ3n) is 3.37. The van der Waals surface area contributed by atoms with E-state index in [0.717, 1.165) is 12.1 Å². The summed E-state index contributed by atoms with van der Waals surface area (Å²) in [5.74, 6) is 0.199. The van der Waals surface area contributed by atoms with Crippen LogP contribution in [0.25, 0.3) is 0 Å². The van der Waals surface area contributed by atoms with Gasteiger partial charge in [0.05, 0.1) is 12.6 Å². The zero-order valence-corrected chi connectivity index (χ0v) is 11.6. The van der Waals surface area contributed by atoms with Crippen molar-refractivity contribution in [3.05, 3.63) is 35.9 Å². The largest absolute Gasteiger partial charge is 0.367 e. The molecule has 1 heterocycles. The second-order valence-electron chi connectivity index (χ2n) is 5.00. The van der Waals surface area contributed by atoms with Gasteiger partial charge in [0.15, 0.2) is 0 Å². The van der Waals surface area contributed by atoms with E-state index in [2.05, 4.69) is 17.4 Å². The zero-order chi connectivity index (χ0) is 13.7. The number of rotatable bonds is 4. The van der Waals surface area contributed by atoms with Crippen molar-refractivity contribution >= 4 is 5.91 Å². The monoisotopic (exact) mass is 262 g/mol. The topological polar surface area (TPSA) is 41.6 Å². The fourth-order valence-corrected chi connectivity index (χ4v) is 2.40. The van der Waals surface area contributed by atoms with Crippen LogP contribution in [-0.2, 0) is 9.53 Å². The molecule has 1 N–H and O–H groups in total. The maximum absolute atomic E-state index is 12.1. The van der Waals surface area contributed by atoms with E-state index in [-0.39, 0.29) is 18.1 Å². The molecule has 1 amide bonds. The second-order valence-corrected chi connectivity index (χ2v) is 5.00. The van der Waals surface area contributed by atoms with Gasteiger partial charge >= 0.3 is 0 Å². The summed E-state index contributed by atoms with van der Waals surface area (Å²) in [6.07, 6.45) is 0.617. The second kappa shape index (κ2) is 6.68. The van der Waals surface area contributed by atoms with Crippen molar-refractivity contribution in [2.75, 3.05) is 26.7 Å². The van der Waals surface area contributed by atoms with E-state index >= 15 is 0 Å². The van der Waals surface area contributed by atoms with Gasteiger partial charge in [-0.15, -0.1) is 0 Å². The van der Waals surface area contributed by atoms with Crippen LogP contribution < -0.4 is 5.32 Å². The van der Waals surface area contributed by atoms with Crippen LogP contribution in [0, 0.1) is 0 Å². The molecule has 2 unspecified atom stereocenters. The molecule has 0 saturated carbocycles. The predicted octanol–water partition coefficient (Wildman–Crippen LogP) is 1.58. The molecule has 0 radical (unpaired) electrons. The number of morpholine rings is 1. The molecule has 0 aromatic heterocycles. The third kappa shape index (κ3) is 3.78. The quantitative estimate of drug-likeness (QED) is 0.896. The minimum Gasteiger partial charge on any atom is -0.367 e. The molecular formula is C15H22N2O2. The Morgan fingerprint density at radius 2 is 2.11 bits per heavy atom. The van der Waals surface area contributed by atoms with Gasteiger partial charge in [-0.1, -0.05) is 30.3 Å². The lowest BCUT2D eigenvalue weighted by Crippen LogP contribution is -2.46. The standard InChI is InChI=1S/C15H22N2O2/c1-12-10-17(15(18)8-9-16-2)11-14(19-12)13-6-4-3-5-7-13/h3-7,12,14,16H,8-11H2,1-2H3. The Morgan fingerprint density at radius 3 is 2.79 bits per heavy atom. The Kier molecular flexibility index (Phi) is 4.93. The van der Waals surface area contributed by atoms with Crippen LogP contribution in [0.5, 0.6) is 0 Å². The fourth-order valence-electron chi connectivity index (χ4n) is 2.40. The van der Waals surface area contributed by atoms with Crippen molar-refractivity contribution in [2.24, 2.45) is 0 Å². The summed E-state index contributed by atoms with van der Waals surface area (Å²) in [5.41, 5.74) is 1.14. The van der Waals surface area contributed by atoms with E-state index in [9.17, 15) is 4.79 Å². The molecule has 1 aromatic rings. The Labute approximate surface area is 114 Å². The van der Waals surface area contributed by atoms with Crippen molar-refractivity contribution in [2.45, 2.75) is 25.6 Å².